The number of carbonyl (C=O) groups is 2. The van der Waals surface area contributed by atoms with Gasteiger partial charge in [-0.05, 0) is 12.5 Å². The molecule has 0 atom stereocenters. The van der Waals surface area contributed by atoms with Gasteiger partial charge in [0, 0.05) is 32.1 Å². The van der Waals surface area contributed by atoms with E-state index < -0.39 is 0 Å². The lowest BCUT2D eigenvalue weighted by Crippen LogP contribution is -3.00. The largest absolute Gasteiger partial charge is 1.00 e. The molecule has 1 rings (SSSR count). The number of hydrogen-bond donors (Lipinski definition) is 2. The lowest BCUT2D eigenvalue weighted by Gasteiger charge is -2.04. The summed E-state index contributed by atoms with van der Waals surface area (Å²) in [5.41, 5.74) is 1.20. The third-order valence-electron chi connectivity index (χ3n) is 2.48. The van der Waals surface area contributed by atoms with E-state index in [1.807, 2.05) is 36.0 Å². The maximum Gasteiger partial charge on any atom is 0.226 e. The molecule has 0 aliphatic heterocycles. The number of hydrogen-bond acceptors (Lipinski definition) is 2. The summed E-state index contributed by atoms with van der Waals surface area (Å²) in [6, 6.07) is 4.02. The zero-order valence-corrected chi connectivity index (χ0v) is 12.9. The Morgan fingerprint density at radius 3 is 2.32 bits per heavy atom. The van der Waals surface area contributed by atoms with E-state index in [0.717, 1.165) is 0 Å². The zero-order valence-electron chi connectivity index (χ0n) is 11.3. The highest BCUT2D eigenvalue weighted by molar-refractivity contribution is 5.76. The molecule has 1 heterocycles. The SMILES string of the molecule is CC(=O)NCCNC(=O)CC[n+]1ccc(C)cc1.[Br-]. The summed E-state index contributed by atoms with van der Waals surface area (Å²) < 4.78 is 1.97. The molecule has 0 aromatic carbocycles. The smallest absolute Gasteiger partial charge is 0.226 e. The fraction of sp³-hybridized carbons (Fsp3) is 0.462. The normalized spacial score (nSPS) is 9.37. The Kier molecular flexibility index (Phi) is 8.78. The van der Waals surface area contributed by atoms with Crippen molar-refractivity contribution in [3.63, 3.8) is 0 Å². The van der Waals surface area contributed by atoms with Gasteiger partial charge in [0.25, 0.3) is 0 Å². The third kappa shape index (κ3) is 8.31. The van der Waals surface area contributed by atoms with Crippen LogP contribution in [0.1, 0.15) is 18.9 Å². The molecule has 1 aromatic rings. The van der Waals surface area contributed by atoms with Crippen LogP contribution >= 0.6 is 0 Å². The van der Waals surface area contributed by atoms with Crippen molar-refractivity contribution in [2.24, 2.45) is 0 Å². The third-order valence-corrected chi connectivity index (χ3v) is 2.48. The summed E-state index contributed by atoms with van der Waals surface area (Å²) in [7, 11) is 0. The standard InChI is InChI=1S/C13H19N3O2.BrH/c1-11-3-8-16(9-4-11)10-5-13(18)15-7-6-14-12(2)17;/h3-4,8-9H,5-7,10H2,1-2H3,(H-,14,15,17,18);1H. The first kappa shape index (κ1) is 17.6. The van der Waals surface area contributed by atoms with Crippen LogP contribution < -0.4 is 32.2 Å². The first-order valence-corrected chi connectivity index (χ1v) is 6.05. The number of nitrogens with zero attached hydrogens (tertiary/aromatic N) is 1. The van der Waals surface area contributed by atoms with Gasteiger partial charge < -0.3 is 27.6 Å². The van der Waals surface area contributed by atoms with Gasteiger partial charge in [0.1, 0.15) is 0 Å². The zero-order chi connectivity index (χ0) is 13.4. The summed E-state index contributed by atoms with van der Waals surface area (Å²) >= 11 is 0. The van der Waals surface area contributed by atoms with E-state index in [1.54, 1.807) is 0 Å². The molecule has 0 fully saturated rings. The van der Waals surface area contributed by atoms with Gasteiger partial charge >= 0.3 is 0 Å². The second-order valence-electron chi connectivity index (χ2n) is 4.20. The second-order valence-corrected chi connectivity index (χ2v) is 4.20. The molecule has 0 spiro atoms. The number of carbonyl (C=O) groups excluding carboxylic acids is 2. The number of pyridine rings is 1. The minimum Gasteiger partial charge on any atom is -1.00 e. The molecular weight excluding hydrogens is 310 g/mol. The average molecular weight is 330 g/mol. The van der Waals surface area contributed by atoms with Crippen molar-refractivity contribution >= 4 is 11.8 Å². The minimum atomic E-state index is -0.0838. The van der Waals surface area contributed by atoms with Gasteiger partial charge in [-0.25, -0.2) is 4.57 Å². The first-order chi connectivity index (χ1) is 8.58. The fourth-order valence-corrected chi connectivity index (χ4v) is 1.44. The van der Waals surface area contributed by atoms with Crippen LogP contribution in [-0.2, 0) is 16.1 Å². The summed E-state index contributed by atoms with van der Waals surface area (Å²) in [5, 5.41) is 5.37. The molecule has 5 nitrogen and oxygen atoms in total. The minimum absolute atomic E-state index is 0. The van der Waals surface area contributed by atoms with Gasteiger partial charge in [0.15, 0.2) is 18.9 Å². The quantitative estimate of drug-likeness (QED) is 0.430. The fourth-order valence-electron chi connectivity index (χ4n) is 1.44. The van der Waals surface area contributed by atoms with Crippen molar-refractivity contribution < 1.29 is 31.1 Å². The van der Waals surface area contributed by atoms with Gasteiger partial charge in [0.05, 0.1) is 6.42 Å². The molecule has 0 bridgehead atoms. The predicted octanol–water partition coefficient (Wildman–Crippen LogP) is -3.07. The van der Waals surface area contributed by atoms with Crippen molar-refractivity contribution in [2.75, 3.05) is 13.1 Å². The van der Waals surface area contributed by atoms with E-state index >= 15 is 0 Å². The van der Waals surface area contributed by atoms with Crippen LogP contribution in [0.15, 0.2) is 24.5 Å². The van der Waals surface area contributed by atoms with Crippen LogP contribution in [0, 0.1) is 6.92 Å². The maximum atomic E-state index is 11.5. The summed E-state index contributed by atoms with van der Waals surface area (Å²) in [5.74, 6) is -0.0899. The highest BCUT2D eigenvalue weighted by atomic mass is 79.9. The van der Waals surface area contributed by atoms with Gasteiger partial charge in [-0.1, -0.05) is 0 Å². The summed E-state index contributed by atoms with van der Waals surface area (Å²) in [6.07, 6.45) is 4.35. The summed E-state index contributed by atoms with van der Waals surface area (Å²) in [6.45, 7) is 5.08. The first-order valence-electron chi connectivity index (χ1n) is 6.05. The summed E-state index contributed by atoms with van der Waals surface area (Å²) in [4.78, 5) is 22.1. The molecule has 6 heteroatoms. The lowest BCUT2D eigenvalue weighted by atomic mass is 10.3. The maximum absolute atomic E-state index is 11.5. The molecule has 2 N–H and O–H groups in total. The van der Waals surface area contributed by atoms with Gasteiger partial charge in [-0.2, -0.15) is 0 Å². The van der Waals surface area contributed by atoms with E-state index in [2.05, 4.69) is 10.6 Å². The van der Waals surface area contributed by atoms with Crippen molar-refractivity contribution in [1.29, 1.82) is 0 Å². The average Bonchev–Trinajstić information content (AvgIpc) is 2.34. The molecular formula is C13H20BrN3O2. The van der Waals surface area contributed by atoms with E-state index in [0.29, 0.717) is 26.1 Å². The van der Waals surface area contributed by atoms with Crippen LogP contribution in [0.5, 0.6) is 0 Å². The Hall–Kier alpha value is -1.43. The number of aryl methyl sites for hydroxylation is 2. The van der Waals surface area contributed by atoms with Gasteiger partial charge in [-0.15, -0.1) is 0 Å². The molecule has 19 heavy (non-hydrogen) atoms. The molecule has 0 aliphatic carbocycles. The van der Waals surface area contributed by atoms with Crippen molar-refractivity contribution in [2.45, 2.75) is 26.8 Å². The van der Waals surface area contributed by atoms with Crippen LogP contribution in [0.4, 0.5) is 0 Å². The van der Waals surface area contributed by atoms with E-state index in [1.165, 1.54) is 12.5 Å². The lowest BCUT2D eigenvalue weighted by molar-refractivity contribution is -0.695. The molecule has 0 aliphatic rings. The Morgan fingerprint density at radius 2 is 1.74 bits per heavy atom. The molecule has 106 valence electrons. The highest BCUT2D eigenvalue weighted by Gasteiger charge is 2.05. The Labute approximate surface area is 124 Å². The van der Waals surface area contributed by atoms with Crippen molar-refractivity contribution in [3.05, 3.63) is 30.1 Å². The topological polar surface area (TPSA) is 62.1 Å². The second kappa shape index (κ2) is 9.49. The Morgan fingerprint density at radius 1 is 1.16 bits per heavy atom. The van der Waals surface area contributed by atoms with Crippen LogP contribution in [-0.4, -0.2) is 24.9 Å². The van der Waals surface area contributed by atoms with Gasteiger partial charge in [-0.3, -0.25) is 9.59 Å². The Bertz CT molecular complexity index is 407. The van der Waals surface area contributed by atoms with Crippen LogP contribution in [0.3, 0.4) is 0 Å². The molecule has 0 radical (unpaired) electrons. The van der Waals surface area contributed by atoms with E-state index in [9.17, 15) is 9.59 Å². The van der Waals surface area contributed by atoms with Crippen LogP contribution in [0.25, 0.3) is 0 Å². The molecule has 1 aromatic heterocycles. The molecule has 0 saturated carbocycles. The molecule has 0 saturated heterocycles. The predicted molar refractivity (Wildman–Crippen MR) is 67.7 cm³/mol. The number of rotatable bonds is 6. The monoisotopic (exact) mass is 329 g/mol. The van der Waals surface area contributed by atoms with Gasteiger partial charge in [0.2, 0.25) is 11.8 Å². The number of halogens is 1. The molecule has 0 unspecified atom stereocenters. The number of amides is 2. The van der Waals surface area contributed by atoms with E-state index in [4.69, 9.17) is 0 Å². The van der Waals surface area contributed by atoms with Crippen LogP contribution in [0.2, 0.25) is 0 Å². The molecule has 2 amide bonds. The number of aromatic nitrogens is 1. The van der Waals surface area contributed by atoms with E-state index in [-0.39, 0.29) is 28.8 Å². The van der Waals surface area contributed by atoms with Crippen molar-refractivity contribution in [3.8, 4) is 0 Å². The van der Waals surface area contributed by atoms with Crippen molar-refractivity contribution in [1.82, 2.24) is 10.6 Å². The number of nitrogens with one attached hydrogen (secondary N) is 2. The Balaban J connectivity index is 0.00000324. The highest BCUT2D eigenvalue weighted by Crippen LogP contribution is 1.90.